The number of aliphatic carboxylic acids is 1. The second-order valence-corrected chi connectivity index (χ2v) is 2.15. The van der Waals surface area contributed by atoms with E-state index in [0.29, 0.717) is 0 Å². The number of carbonyl (C=O) groups is 1. The predicted octanol–water partition coefficient (Wildman–Crippen LogP) is -2.63. The Bertz CT molecular complexity index is 69.1. The van der Waals surface area contributed by atoms with Crippen molar-refractivity contribution in [1.29, 1.82) is 0 Å². The maximum absolute atomic E-state index is 9.55. The van der Waals surface area contributed by atoms with E-state index in [2.05, 4.69) is 25.3 Å². The van der Waals surface area contributed by atoms with Crippen LogP contribution in [0.3, 0.4) is 0 Å². The van der Waals surface area contributed by atoms with E-state index >= 15 is 0 Å². The van der Waals surface area contributed by atoms with E-state index < -0.39 is 10.6 Å². The third-order valence-electron chi connectivity index (χ3n) is 0.221. The molecule has 0 aliphatic heterocycles. The number of carboxylic acids is 1. The molecule has 0 spiro atoms. The Morgan fingerprint density at radius 3 is 1.86 bits per heavy atom. The van der Waals surface area contributed by atoms with Crippen LogP contribution in [-0.2, 0) is 4.79 Å². The van der Waals surface area contributed by atoms with Gasteiger partial charge in [-0.1, -0.05) is 0 Å². The van der Waals surface area contributed by atoms with Gasteiger partial charge in [-0.2, -0.15) is 25.3 Å². The smallest absolute Gasteiger partial charge is 1.00 e. The Hall–Kier alpha value is 1.17. The topological polar surface area (TPSA) is 37.3 Å². The summed E-state index contributed by atoms with van der Waals surface area (Å²) in [6.45, 7) is 0. The summed E-state index contributed by atoms with van der Waals surface area (Å²) in [6.07, 6.45) is 0. The minimum Gasteiger partial charge on any atom is -1.00 e. The first-order valence-electron chi connectivity index (χ1n) is 1.23. The fourth-order valence-corrected chi connectivity index (χ4v) is 0. The maximum atomic E-state index is 9.55. The molecule has 2 nitrogen and oxygen atoms in total. The van der Waals surface area contributed by atoms with E-state index in [1.807, 2.05) is 0 Å². The summed E-state index contributed by atoms with van der Waals surface area (Å²) in [7, 11) is 0. The molecule has 0 aromatic carbocycles. The molecule has 0 aliphatic carbocycles. The minimum absolute atomic E-state index is 0. The van der Waals surface area contributed by atoms with E-state index in [-0.39, 0.29) is 31.0 Å². The molecule has 1 N–H and O–H groups in total. The minimum atomic E-state index is -1.01. The van der Waals surface area contributed by atoms with Gasteiger partial charge in [0.25, 0.3) is 0 Å². The standard InChI is InChI=1S/C2H4O2S2.Na.H/c3-1(4)2(5)6;;/h2,5-6H,(H,3,4);;/q;+1;-1. The molecule has 0 bridgehead atoms. The molecule has 0 saturated carbocycles. The van der Waals surface area contributed by atoms with E-state index in [4.69, 9.17) is 5.11 Å². The summed E-state index contributed by atoms with van der Waals surface area (Å²) in [5, 5.41) is 7.84. The summed E-state index contributed by atoms with van der Waals surface area (Å²) in [6, 6.07) is 0. The van der Waals surface area contributed by atoms with Crippen LogP contribution in [0.15, 0.2) is 0 Å². The van der Waals surface area contributed by atoms with Crippen molar-refractivity contribution in [2.75, 3.05) is 0 Å². The van der Waals surface area contributed by atoms with Crippen LogP contribution in [-0.4, -0.2) is 15.7 Å². The van der Waals surface area contributed by atoms with Crippen LogP contribution in [0.25, 0.3) is 0 Å². The summed E-state index contributed by atoms with van der Waals surface area (Å²) in [5.41, 5.74) is 0. The van der Waals surface area contributed by atoms with Crippen LogP contribution in [0.5, 0.6) is 0 Å². The monoisotopic (exact) mass is 148 g/mol. The van der Waals surface area contributed by atoms with Gasteiger partial charge in [-0.3, -0.25) is 4.79 Å². The van der Waals surface area contributed by atoms with Crippen molar-refractivity contribution in [2.45, 2.75) is 4.58 Å². The first kappa shape index (κ1) is 11.0. The average Bonchev–Trinajstić information content (AvgIpc) is 1.36. The first-order valence-corrected chi connectivity index (χ1v) is 2.27. The first-order chi connectivity index (χ1) is 2.64. The van der Waals surface area contributed by atoms with E-state index in [0.717, 1.165) is 0 Å². The summed E-state index contributed by atoms with van der Waals surface area (Å²) in [5.74, 6) is -1.01. The van der Waals surface area contributed by atoms with Crippen LogP contribution in [0.2, 0.25) is 0 Å². The number of hydrogen-bond donors (Lipinski definition) is 3. The zero-order valence-corrected chi connectivity index (χ0v) is 7.62. The van der Waals surface area contributed by atoms with Crippen molar-refractivity contribution in [3.05, 3.63) is 0 Å². The van der Waals surface area contributed by atoms with Crippen molar-refractivity contribution in [2.24, 2.45) is 0 Å². The van der Waals surface area contributed by atoms with Gasteiger partial charge in [-0.05, 0) is 0 Å². The van der Waals surface area contributed by atoms with Gasteiger partial charge in [0, 0.05) is 0 Å². The Morgan fingerprint density at radius 1 is 1.71 bits per heavy atom. The summed E-state index contributed by atoms with van der Waals surface area (Å²) in [4.78, 5) is 9.55. The van der Waals surface area contributed by atoms with Gasteiger partial charge in [0.05, 0.1) is 0 Å². The van der Waals surface area contributed by atoms with E-state index in [1.165, 1.54) is 0 Å². The Balaban J connectivity index is -0.000000125. The van der Waals surface area contributed by atoms with Crippen molar-refractivity contribution in [3.63, 3.8) is 0 Å². The Labute approximate surface area is 76.3 Å². The van der Waals surface area contributed by atoms with Crippen molar-refractivity contribution >= 4 is 31.2 Å². The average molecular weight is 148 g/mol. The molecule has 0 amide bonds. The van der Waals surface area contributed by atoms with Crippen molar-refractivity contribution in [1.82, 2.24) is 0 Å². The second-order valence-electron chi connectivity index (χ2n) is 0.712. The molecule has 0 radical (unpaired) electrons. The molecule has 0 saturated heterocycles. The number of hydrogen-bond acceptors (Lipinski definition) is 3. The summed E-state index contributed by atoms with van der Waals surface area (Å²) >= 11 is 6.92. The normalized spacial score (nSPS) is 7.86. The quantitative estimate of drug-likeness (QED) is 0.216. The zero-order valence-electron chi connectivity index (χ0n) is 4.83. The fourth-order valence-electron chi connectivity index (χ4n) is 0. The van der Waals surface area contributed by atoms with Gasteiger partial charge < -0.3 is 6.53 Å². The molecule has 5 heteroatoms. The van der Waals surface area contributed by atoms with Gasteiger partial charge in [-0.25, -0.2) is 0 Å². The van der Waals surface area contributed by atoms with Gasteiger partial charge in [0.2, 0.25) is 0 Å². The van der Waals surface area contributed by atoms with Crippen molar-refractivity contribution in [3.8, 4) is 0 Å². The largest absolute Gasteiger partial charge is 1.00 e. The van der Waals surface area contributed by atoms with Crippen LogP contribution in [0, 0.1) is 0 Å². The fraction of sp³-hybridized carbons (Fsp3) is 0.500. The van der Waals surface area contributed by atoms with Crippen LogP contribution in [0.1, 0.15) is 1.43 Å². The number of thiol groups is 2. The predicted molar refractivity (Wildman–Crippen MR) is 30.5 cm³/mol. The Kier molecular flexibility index (Phi) is 8.37. The summed E-state index contributed by atoms with van der Waals surface area (Å²) < 4.78 is -0.843. The third kappa shape index (κ3) is 7.17. The molecule has 0 rings (SSSR count). The molecular weight excluding hydrogens is 143 g/mol. The molecule has 0 heterocycles. The third-order valence-corrected chi connectivity index (χ3v) is 0.663. The molecule has 0 aromatic heterocycles. The van der Waals surface area contributed by atoms with Crippen molar-refractivity contribution < 1.29 is 40.9 Å². The molecule has 7 heavy (non-hydrogen) atoms. The molecule has 0 atom stereocenters. The van der Waals surface area contributed by atoms with Gasteiger partial charge in [0.15, 0.2) is 0 Å². The molecule has 38 valence electrons. The Morgan fingerprint density at radius 2 is 1.86 bits per heavy atom. The van der Waals surface area contributed by atoms with Crippen LogP contribution < -0.4 is 29.6 Å². The number of rotatable bonds is 1. The van der Waals surface area contributed by atoms with Gasteiger partial charge >= 0.3 is 35.5 Å². The van der Waals surface area contributed by atoms with Gasteiger partial charge in [-0.15, -0.1) is 0 Å². The van der Waals surface area contributed by atoms with Crippen LogP contribution >= 0.6 is 25.3 Å². The van der Waals surface area contributed by atoms with E-state index in [1.54, 1.807) is 0 Å². The molecular formula is C2H5NaO2S2. The molecule has 0 aromatic rings. The zero-order chi connectivity index (χ0) is 5.15. The SMILES string of the molecule is O=C(O)C(S)S.[H-].[Na+]. The van der Waals surface area contributed by atoms with Gasteiger partial charge in [0.1, 0.15) is 4.58 Å². The second kappa shape index (κ2) is 5.31. The molecule has 0 aliphatic rings. The molecule has 0 unspecified atom stereocenters. The van der Waals surface area contributed by atoms with E-state index in [9.17, 15) is 4.79 Å². The maximum Gasteiger partial charge on any atom is 1.00 e. The molecule has 0 fully saturated rings. The number of carboxylic acid groups (broad SMARTS) is 1. The van der Waals surface area contributed by atoms with Crippen LogP contribution in [0.4, 0.5) is 0 Å².